The first-order valence-electron chi connectivity index (χ1n) is 7.52. The molecule has 0 bridgehead atoms. The predicted molar refractivity (Wildman–Crippen MR) is 83.5 cm³/mol. The maximum Gasteiger partial charge on any atom is 0.191 e. The van der Waals surface area contributed by atoms with Gasteiger partial charge < -0.3 is 15.4 Å². The number of hydrogen-bond acceptors (Lipinski definition) is 4. The summed E-state index contributed by atoms with van der Waals surface area (Å²) in [5.41, 5.74) is 1.31. The van der Waals surface area contributed by atoms with E-state index in [-0.39, 0.29) is 6.10 Å². The van der Waals surface area contributed by atoms with Crippen LogP contribution in [-0.4, -0.2) is 31.7 Å². The molecule has 1 heterocycles. The summed E-state index contributed by atoms with van der Waals surface area (Å²) in [5, 5.41) is 6.68. The van der Waals surface area contributed by atoms with E-state index >= 15 is 0 Å². The van der Waals surface area contributed by atoms with Crippen molar-refractivity contribution in [1.82, 2.24) is 10.6 Å². The van der Waals surface area contributed by atoms with Crippen LogP contribution in [0.5, 0.6) is 5.75 Å². The van der Waals surface area contributed by atoms with Gasteiger partial charge in [-0.05, 0) is 50.8 Å². The summed E-state index contributed by atoms with van der Waals surface area (Å²) in [5.74, 6) is 1.88. The molecule has 1 aliphatic heterocycles. The van der Waals surface area contributed by atoms with Crippen molar-refractivity contribution in [3.63, 3.8) is 0 Å². The van der Waals surface area contributed by atoms with Crippen LogP contribution in [-0.2, 0) is 6.42 Å². The molecular weight excluding hydrogens is 250 g/mol. The molecule has 1 aromatic rings. The molecule has 0 amide bonds. The molecule has 0 aliphatic carbocycles. The fraction of sp³-hybridized carbons (Fsp3) is 0.562. The van der Waals surface area contributed by atoms with Gasteiger partial charge in [-0.25, -0.2) is 0 Å². The van der Waals surface area contributed by atoms with E-state index in [1.54, 1.807) is 0 Å². The SMILES string of the molecule is CC(C)Oc1ccc(CCNC2=NCCCCN2)cc1. The molecule has 20 heavy (non-hydrogen) atoms. The van der Waals surface area contributed by atoms with Gasteiger partial charge in [0, 0.05) is 19.6 Å². The predicted octanol–water partition coefficient (Wildman–Crippen LogP) is 2.35. The van der Waals surface area contributed by atoms with Crippen LogP contribution >= 0.6 is 0 Å². The summed E-state index contributed by atoms with van der Waals surface area (Å²) >= 11 is 0. The Balaban J connectivity index is 1.74. The molecule has 0 unspecified atom stereocenters. The van der Waals surface area contributed by atoms with Crippen molar-refractivity contribution in [2.45, 2.75) is 39.2 Å². The van der Waals surface area contributed by atoms with Gasteiger partial charge in [-0.15, -0.1) is 0 Å². The number of ether oxygens (including phenoxy) is 1. The molecule has 1 aromatic carbocycles. The molecule has 2 N–H and O–H groups in total. The van der Waals surface area contributed by atoms with E-state index in [1.807, 2.05) is 26.0 Å². The summed E-state index contributed by atoms with van der Waals surface area (Å²) in [6.07, 6.45) is 3.59. The molecule has 0 fully saturated rings. The summed E-state index contributed by atoms with van der Waals surface area (Å²) in [4.78, 5) is 4.48. The van der Waals surface area contributed by atoms with Crippen LogP contribution < -0.4 is 15.4 Å². The lowest BCUT2D eigenvalue weighted by molar-refractivity contribution is 0.242. The van der Waals surface area contributed by atoms with Gasteiger partial charge >= 0.3 is 0 Å². The highest BCUT2D eigenvalue weighted by molar-refractivity contribution is 5.79. The molecule has 0 saturated heterocycles. The average Bonchev–Trinajstić information content (AvgIpc) is 2.69. The van der Waals surface area contributed by atoms with E-state index in [4.69, 9.17) is 4.74 Å². The summed E-state index contributed by atoms with van der Waals surface area (Å²) in [7, 11) is 0. The zero-order chi connectivity index (χ0) is 14.2. The Morgan fingerprint density at radius 3 is 2.80 bits per heavy atom. The van der Waals surface area contributed by atoms with E-state index < -0.39 is 0 Å². The molecule has 1 aliphatic rings. The van der Waals surface area contributed by atoms with Crippen molar-refractivity contribution < 1.29 is 4.74 Å². The molecule has 0 aromatic heterocycles. The lowest BCUT2D eigenvalue weighted by atomic mass is 10.1. The number of guanidine groups is 1. The highest BCUT2D eigenvalue weighted by atomic mass is 16.5. The van der Waals surface area contributed by atoms with Crippen LogP contribution in [0, 0.1) is 0 Å². The Hall–Kier alpha value is -1.71. The maximum atomic E-state index is 5.64. The highest BCUT2D eigenvalue weighted by Gasteiger charge is 2.02. The highest BCUT2D eigenvalue weighted by Crippen LogP contribution is 2.13. The van der Waals surface area contributed by atoms with Crippen LogP contribution in [0.2, 0.25) is 0 Å². The van der Waals surface area contributed by atoms with Crippen molar-refractivity contribution in [2.24, 2.45) is 4.99 Å². The number of nitrogens with one attached hydrogen (secondary N) is 2. The minimum atomic E-state index is 0.224. The van der Waals surface area contributed by atoms with Crippen LogP contribution in [0.15, 0.2) is 29.3 Å². The fourth-order valence-corrected chi connectivity index (χ4v) is 2.14. The molecule has 0 radical (unpaired) electrons. The van der Waals surface area contributed by atoms with Gasteiger partial charge in [0.1, 0.15) is 5.75 Å². The molecular formula is C16H25N3O. The summed E-state index contributed by atoms with van der Waals surface area (Å²) in [6.45, 7) is 6.93. The molecule has 4 heteroatoms. The van der Waals surface area contributed by atoms with Crippen LogP contribution in [0.1, 0.15) is 32.3 Å². The third-order valence-electron chi connectivity index (χ3n) is 3.15. The van der Waals surface area contributed by atoms with Crippen molar-refractivity contribution in [2.75, 3.05) is 19.6 Å². The van der Waals surface area contributed by atoms with Crippen molar-refractivity contribution in [3.05, 3.63) is 29.8 Å². The Morgan fingerprint density at radius 2 is 2.05 bits per heavy atom. The van der Waals surface area contributed by atoms with Gasteiger partial charge in [0.25, 0.3) is 0 Å². The Bertz CT molecular complexity index is 426. The van der Waals surface area contributed by atoms with Gasteiger partial charge in [-0.2, -0.15) is 0 Å². The van der Waals surface area contributed by atoms with E-state index in [0.717, 1.165) is 37.8 Å². The normalized spacial score (nSPS) is 15.2. The van der Waals surface area contributed by atoms with Gasteiger partial charge in [-0.1, -0.05) is 12.1 Å². The van der Waals surface area contributed by atoms with E-state index in [9.17, 15) is 0 Å². The maximum absolute atomic E-state index is 5.64. The first-order chi connectivity index (χ1) is 9.74. The number of aliphatic imine (C=N–C) groups is 1. The number of benzene rings is 1. The molecule has 0 saturated carbocycles. The zero-order valence-electron chi connectivity index (χ0n) is 12.5. The quantitative estimate of drug-likeness (QED) is 0.867. The van der Waals surface area contributed by atoms with Gasteiger partial charge in [0.15, 0.2) is 5.96 Å². The van der Waals surface area contributed by atoms with Gasteiger partial charge in [0.2, 0.25) is 0 Å². The second-order valence-corrected chi connectivity index (χ2v) is 5.35. The Labute approximate surface area is 121 Å². The third-order valence-corrected chi connectivity index (χ3v) is 3.15. The molecule has 0 spiro atoms. The average molecular weight is 275 g/mol. The largest absolute Gasteiger partial charge is 0.491 e. The fourth-order valence-electron chi connectivity index (χ4n) is 2.14. The molecule has 4 nitrogen and oxygen atoms in total. The lowest BCUT2D eigenvalue weighted by Gasteiger charge is -2.11. The first kappa shape index (κ1) is 14.7. The van der Waals surface area contributed by atoms with Crippen LogP contribution in [0.3, 0.4) is 0 Å². The Kier molecular flexibility index (Phi) is 5.71. The van der Waals surface area contributed by atoms with Gasteiger partial charge in [-0.3, -0.25) is 4.99 Å². The summed E-state index contributed by atoms with van der Waals surface area (Å²) < 4.78 is 5.64. The van der Waals surface area contributed by atoms with Gasteiger partial charge in [0.05, 0.1) is 6.10 Å². The van der Waals surface area contributed by atoms with E-state index in [0.29, 0.717) is 0 Å². The van der Waals surface area contributed by atoms with Crippen LogP contribution in [0.4, 0.5) is 0 Å². The number of rotatable bonds is 5. The molecule has 110 valence electrons. The third kappa shape index (κ3) is 5.11. The zero-order valence-corrected chi connectivity index (χ0v) is 12.5. The minimum absolute atomic E-state index is 0.224. The standard InChI is InChI=1S/C16H25N3O/c1-13(2)20-15-7-5-14(6-8-15)9-12-19-16-17-10-3-4-11-18-16/h5-8,13H,3-4,9-12H2,1-2H3,(H2,17,18,19). The first-order valence-corrected chi connectivity index (χ1v) is 7.52. The smallest absolute Gasteiger partial charge is 0.191 e. The lowest BCUT2D eigenvalue weighted by Crippen LogP contribution is -2.38. The number of nitrogens with zero attached hydrogens (tertiary/aromatic N) is 1. The minimum Gasteiger partial charge on any atom is -0.491 e. The van der Waals surface area contributed by atoms with Crippen LogP contribution in [0.25, 0.3) is 0 Å². The second-order valence-electron chi connectivity index (χ2n) is 5.35. The number of hydrogen-bond donors (Lipinski definition) is 2. The monoisotopic (exact) mass is 275 g/mol. The second kappa shape index (κ2) is 7.78. The topological polar surface area (TPSA) is 45.6 Å². The molecule has 2 rings (SSSR count). The van der Waals surface area contributed by atoms with Crippen molar-refractivity contribution in [1.29, 1.82) is 0 Å². The molecule has 0 atom stereocenters. The Morgan fingerprint density at radius 1 is 1.25 bits per heavy atom. The summed E-state index contributed by atoms with van der Waals surface area (Å²) in [6, 6.07) is 8.33. The van der Waals surface area contributed by atoms with E-state index in [2.05, 4.69) is 27.8 Å². The van der Waals surface area contributed by atoms with Crippen molar-refractivity contribution in [3.8, 4) is 5.75 Å². The van der Waals surface area contributed by atoms with Crippen molar-refractivity contribution >= 4 is 5.96 Å². The van der Waals surface area contributed by atoms with E-state index in [1.165, 1.54) is 18.4 Å².